The van der Waals surface area contributed by atoms with Gasteiger partial charge in [-0.05, 0) is 40.5 Å². The first-order chi connectivity index (χ1) is 9.81. The van der Waals surface area contributed by atoms with E-state index in [4.69, 9.17) is 15.2 Å². The highest BCUT2D eigenvalue weighted by Crippen LogP contribution is 2.42. The van der Waals surface area contributed by atoms with Crippen LogP contribution in [0.15, 0.2) is 0 Å². The SMILES string of the molecule is CC1(C)OC(C)(C)C(CN2CCOC3CCCCC32)C1N. The summed E-state index contributed by atoms with van der Waals surface area (Å²) in [6.07, 6.45) is 5.60. The molecule has 2 heterocycles. The van der Waals surface area contributed by atoms with Gasteiger partial charge in [0.25, 0.3) is 0 Å². The van der Waals surface area contributed by atoms with Gasteiger partial charge in [0.05, 0.1) is 23.9 Å². The highest BCUT2D eigenvalue weighted by atomic mass is 16.5. The van der Waals surface area contributed by atoms with Crippen molar-refractivity contribution in [3.8, 4) is 0 Å². The Bertz CT molecular complexity index is 381. The molecule has 0 radical (unpaired) electrons. The number of nitrogens with two attached hydrogens (primary N) is 1. The Hall–Kier alpha value is -0.160. The molecule has 1 saturated carbocycles. The molecule has 0 bridgehead atoms. The van der Waals surface area contributed by atoms with Gasteiger partial charge >= 0.3 is 0 Å². The summed E-state index contributed by atoms with van der Waals surface area (Å²) in [5.41, 5.74) is 6.16. The average molecular weight is 296 g/mol. The molecular formula is C17H32N2O2. The van der Waals surface area contributed by atoms with E-state index in [0.717, 1.165) is 19.7 Å². The normalized spacial score (nSPS) is 42.7. The molecule has 0 aromatic heterocycles. The lowest BCUT2D eigenvalue weighted by atomic mass is 9.81. The van der Waals surface area contributed by atoms with Gasteiger partial charge in [-0.15, -0.1) is 0 Å². The summed E-state index contributed by atoms with van der Waals surface area (Å²) in [5.74, 6) is 0.383. The van der Waals surface area contributed by atoms with Crippen molar-refractivity contribution in [1.29, 1.82) is 0 Å². The van der Waals surface area contributed by atoms with E-state index < -0.39 is 0 Å². The van der Waals surface area contributed by atoms with Gasteiger partial charge in [-0.3, -0.25) is 4.90 Å². The Morgan fingerprint density at radius 2 is 1.81 bits per heavy atom. The molecule has 21 heavy (non-hydrogen) atoms. The van der Waals surface area contributed by atoms with Crippen LogP contribution in [0.2, 0.25) is 0 Å². The molecule has 2 aliphatic heterocycles. The largest absolute Gasteiger partial charge is 0.375 e. The maximum Gasteiger partial charge on any atom is 0.0788 e. The van der Waals surface area contributed by atoms with E-state index in [1.165, 1.54) is 25.7 Å². The summed E-state index contributed by atoms with van der Waals surface area (Å²) in [5, 5.41) is 0. The second-order valence-corrected chi connectivity index (χ2v) is 8.20. The molecule has 4 unspecified atom stereocenters. The monoisotopic (exact) mass is 296 g/mol. The van der Waals surface area contributed by atoms with Crippen LogP contribution in [0.3, 0.4) is 0 Å². The molecule has 3 fully saturated rings. The highest BCUT2D eigenvalue weighted by molar-refractivity contribution is 5.05. The summed E-state index contributed by atoms with van der Waals surface area (Å²) < 4.78 is 12.2. The molecule has 3 aliphatic rings. The molecule has 2 saturated heterocycles. The Morgan fingerprint density at radius 1 is 1.10 bits per heavy atom. The molecule has 0 aromatic carbocycles. The molecule has 4 heteroatoms. The third-order valence-corrected chi connectivity index (χ3v) is 5.93. The van der Waals surface area contributed by atoms with E-state index in [9.17, 15) is 0 Å². The van der Waals surface area contributed by atoms with Crippen LogP contribution in [-0.2, 0) is 9.47 Å². The molecule has 2 N–H and O–H groups in total. The first-order valence-corrected chi connectivity index (χ1v) is 8.63. The maximum absolute atomic E-state index is 6.53. The van der Waals surface area contributed by atoms with Crippen LogP contribution >= 0.6 is 0 Å². The first kappa shape index (κ1) is 15.7. The number of nitrogens with zero attached hydrogens (tertiary/aromatic N) is 1. The summed E-state index contributed by atoms with van der Waals surface area (Å²) in [6, 6.07) is 0.691. The van der Waals surface area contributed by atoms with Crippen molar-refractivity contribution < 1.29 is 9.47 Å². The van der Waals surface area contributed by atoms with E-state index >= 15 is 0 Å². The van der Waals surface area contributed by atoms with Crippen molar-refractivity contribution >= 4 is 0 Å². The smallest absolute Gasteiger partial charge is 0.0788 e. The Balaban J connectivity index is 1.73. The predicted molar refractivity (Wildman–Crippen MR) is 84.3 cm³/mol. The summed E-state index contributed by atoms with van der Waals surface area (Å²) in [4.78, 5) is 2.64. The number of fused-ring (bicyclic) bond motifs is 1. The summed E-state index contributed by atoms with van der Waals surface area (Å²) >= 11 is 0. The Morgan fingerprint density at radius 3 is 2.48 bits per heavy atom. The van der Waals surface area contributed by atoms with Crippen LogP contribution in [0.25, 0.3) is 0 Å². The third-order valence-electron chi connectivity index (χ3n) is 5.93. The summed E-state index contributed by atoms with van der Waals surface area (Å²) in [6.45, 7) is 11.6. The van der Waals surface area contributed by atoms with Crippen LogP contribution in [0.5, 0.6) is 0 Å². The van der Waals surface area contributed by atoms with Gasteiger partial charge in [0.1, 0.15) is 0 Å². The van der Waals surface area contributed by atoms with Crippen LogP contribution in [0, 0.1) is 5.92 Å². The van der Waals surface area contributed by atoms with Gasteiger partial charge in [-0.2, -0.15) is 0 Å². The zero-order valence-electron chi connectivity index (χ0n) is 14.1. The fraction of sp³-hybridized carbons (Fsp3) is 1.00. The summed E-state index contributed by atoms with van der Waals surface area (Å²) in [7, 11) is 0. The van der Waals surface area contributed by atoms with Crippen molar-refractivity contribution in [2.75, 3.05) is 19.7 Å². The van der Waals surface area contributed by atoms with Gasteiger partial charge in [-0.1, -0.05) is 12.8 Å². The predicted octanol–water partition coefficient (Wildman–Crippen LogP) is 2.16. The number of morpholine rings is 1. The first-order valence-electron chi connectivity index (χ1n) is 8.63. The molecule has 4 nitrogen and oxygen atoms in total. The minimum absolute atomic E-state index is 0.0948. The van der Waals surface area contributed by atoms with Crippen molar-refractivity contribution in [3.05, 3.63) is 0 Å². The Kier molecular flexibility index (Phi) is 4.11. The second kappa shape index (κ2) is 5.48. The fourth-order valence-corrected chi connectivity index (χ4v) is 4.73. The lowest BCUT2D eigenvalue weighted by Gasteiger charge is -2.46. The van der Waals surface area contributed by atoms with Crippen LogP contribution in [0.4, 0.5) is 0 Å². The number of rotatable bonds is 2. The zero-order valence-corrected chi connectivity index (χ0v) is 14.1. The lowest BCUT2D eigenvalue weighted by molar-refractivity contribution is -0.106. The molecule has 122 valence electrons. The lowest BCUT2D eigenvalue weighted by Crippen LogP contribution is -2.57. The van der Waals surface area contributed by atoms with Crippen molar-refractivity contribution in [2.45, 2.75) is 82.8 Å². The second-order valence-electron chi connectivity index (χ2n) is 8.20. The number of hydrogen-bond acceptors (Lipinski definition) is 4. The topological polar surface area (TPSA) is 47.7 Å². The zero-order chi connectivity index (χ0) is 15.3. The molecular weight excluding hydrogens is 264 g/mol. The van der Waals surface area contributed by atoms with E-state index in [0.29, 0.717) is 18.1 Å². The highest BCUT2D eigenvalue weighted by Gasteiger charge is 2.53. The van der Waals surface area contributed by atoms with E-state index in [1.807, 2.05) is 0 Å². The van der Waals surface area contributed by atoms with Crippen LogP contribution in [0.1, 0.15) is 53.4 Å². The minimum Gasteiger partial charge on any atom is -0.375 e. The molecule has 0 spiro atoms. The van der Waals surface area contributed by atoms with Crippen molar-refractivity contribution in [2.24, 2.45) is 11.7 Å². The molecule has 0 aromatic rings. The van der Waals surface area contributed by atoms with Gasteiger partial charge in [0.15, 0.2) is 0 Å². The van der Waals surface area contributed by atoms with Crippen LogP contribution in [-0.4, -0.2) is 54.0 Å². The molecule has 1 aliphatic carbocycles. The van der Waals surface area contributed by atoms with E-state index in [1.54, 1.807) is 0 Å². The van der Waals surface area contributed by atoms with Crippen molar-refractivity contribution in [1.82, 2.24) is 4.90 Å². The van der Waals surface area contributed by atoms with E-state index in [2.05, 4.69) is 32.6 Å². The molecule has 4 atom stereocenters. The molecule has 3 rings (SSSR count). The van der Waals surface area contributed by atoms with Gasteiger partial charge < -0.3 is 15.2 Å². The quantitative estimate of drug-likeness (QED) is 0.848. The number of hydrogen-bond donors (Lipinski definition) is 1. The average Bonchev–Trinajstić information content (AvgIpc) is 2.57. The third kappa shape index (κ3) is 2.88. The van der Waals surface area contributed by atoms with Gasteiger partial charge in [0.2, 0.25) is 0 Å². The number of ether oxygens (including phenoxy) is 2. The van der Waals surface area contributed by atoms with Crippen molar-refractivity contribution in [3.63, 3.8) is 0 Å². The van der Waals surface area contributed by atoms with E-state index in [-0.39, 0.29) is 17.2 Å². The Labute approximate surface area is 129 Å². The minimum atomic E-state index is -0.230. The standard InChI is InChI=1S/C17H32N2O2/c1-16(2)12(15(18)17(3,4)21-16)11-19-9-10-20-14-8-6-5-7-13(14)19/h12-15H,5-11,18H2,1-4H3. The van der Waals surface area contributed by atoms with Gasteiger partial charge in [0, 0.05) is 31.1 Å². The fourth-order valence-electron chi connectivity index (χ4n) is 4.73. The molecule has 0 amide bonds. The maximum atomic E-state index is 6.53. The van der Waals surface area contributed by atoms with Crippen LogP contribution < -0.4 is 5.73 Å². The van der Waals surface area contributed by atoms with Gasteiger partial charge in [-0.25, -0.2) is 0 Å².